The molecule has 2 fully saturated rings. The van der Waals surface area contributed by atoms with E-state index in [1.807, 2.05) is 0 Å². The van der Waals surface area contributed by atoms with E-state index in [9.17, 15) is 13.5 Å². The Labute approximate surface area is 109 Å². The van der Waals surface area contributed by atoms with E-state index in [0.29, 0.717) is 25.4 Å². The lowest BCUT2D eigenvalue weighted by atomic mass is 9.74. The minimum atomic E-state index is -3.49. The van der Waals surface area contributed by atoms with Crippen LogP contribution in [0.15, 0.2) is 0 Å². The number of aliphatic hydroxyl groups is 1. The van der Waals surface area contributed by atoms with Gasteiger partial charge in [-0.05, 0) is 37.6 Å². The van der Waals surface area contributed by atoms with Gasteiger partial charge in [-0.15, -0.1) is 0 Å². The van der Waals surface area contributed by atoms with E-state index >= 15 is 0 Å². The van der Waals surface area contributed by atoms with Crippen molar-refractivity contribution in [3.63, 3.8) is 0 Å². The number of rotatable bonds is 6. The summed E-state index contributed by atoms with van der Waals surface area (Å²) in [4.78, 5) is 0. The smallest absolute Gasteiger partial charge is 0.277 e. The highest BCUT2D eigenvalue weighted by Crippen LogP contribution is 2.35. The lowest BCUT2D eigenvalue weighted by Gasteiger charge is -2.34. The van der Waals surface area contributed by atoms with Crippen LogP contribution in [0.25, 0.3) is 0 Å². The molecule has 106 valence electrons. The molecule has 0 spiro atoms. The summed E-state index contributed by atoms with van der Waals surface area (Å²) in [6.45, 7) is 3.30. The zero-order valence-corrected chi connectivity index (χ0v) is 11.5. The maximum atomic E-state index is 11.8. The van der Waals surface area contributed by atoms with Gasteiger partial charge < -0.3 is 5.11 Å². The number of hydrogen-bond donors (Lipinski definition) is 4. The van der Waals surface area contributed by atoms with Crippen molar-refractivity contribution in [2.24, 2.45) is 11.8 Å². The Morgan fingerprint density at radius 3 is 2.61 bits per heavy atom. The second-order valence-corrected chi connectivity index (χ2v) is 6.91. The summed E-state index contributed by atoms with van der Waals surface area (Å²) in [5.74, 6) is 1.24. The predicted octanol–water partition coefficient (Wildman–Crippen LogP) is -0.473. The molecule has 1 aliphatic heterocycles. The van der Waals surface area contributed by atoms with Gasteiger partial charge in [0.1, 0.15) is 6.23 Å². The van der Waals surface area contributed by atoms with Crippen molar-refractivity contribution < 1.29 is 13.5 Å². The molecule has 0 radical (unpaired) electrons. The van der Waals surface area contributed by atoms with E-state index in [1.165, 1.54) is 6.42 Å². The molecule has 0 aromatic rings. The minimum Gasteiger partial charge on any atom is -0.377 e. The van der Waals surface area contributed by atoms with E-state index in [0.717, 1.165) is 18.8 Å². The molecule has 0 aromatic heterocycles. The van der Waals surface area contributed by atoms with Crippen molar-refractivity contribution in [2.45, 2.75) is 44.9 Å². The van der Waals surface area contributed by atoms with Gasteiger partial charge in [0.25, 0.3) is 10.2 Å². The fraction of sp³-hybridized carbons (Fsp3) is 1.00. The van der Waals surface area contributed by atoms with Gasteiger partial charge in [-0.2, -0.15) is 13.1 Å². The summed E-state index contributed by atoms with van der Waals surface area (Å²) < 4.78 is 28.6. The van der Waals surface area contributed by atoms with Crippen molar-refractivity contribution in [1.82, 2.24) is 14.8 Å². The molecule has 1 saturated heterocycles. The van der Waals surface area contributed by atoms with E-state index < -0.39 is 22.5 Å². The highest BCUT2D eigenvalue weighted by molar-refractivity contribution is 7.87. The number of hydrogen-bond acceptors (Lipinski definition) is 4. The van der Waals surface area contributed by atoms with Crippen molar-refractivity contribution in [3.05, 3.63) is 0 Å². The first-order valence-corrected chi connectivity index (χ1v) is 8.17. The van der Waals surface area contributed by atoms with Crippen molar-refractivity contribution in [2.75, 3.05) is 13.1 Å². The van der Waals surface area contributed by atoms with Gasteiger partial charge in [-0.1, -0.05) is 13.3 Å². The molecule has 2 aliphatic rings. The molecule has 1 aliphatic carbocycles. The van der Waals surface area contributed by atoms with Crippen molar-refractivity contribution in [1.29, 1.82) is 0 Å². The fourth-order valence-electron chi connectivity index (χ4n) is 2.65. The predicted molar refractivity (Wildman–Crippen MR) is 69.0 cm³/mol. The zero-order chi connectivity index (χ0) is 13.2. The lowest BCUT2D eigenvalue weighted by Crippen LogP contribution is -2.49. The van der Waals surface area contributed by atoms with E-state index in [-0.39, 0.29) is 0 Å². The molecule has 1 unspecified atom stereocenters. The second kappa shape index (κ2) is 5.83. The van der Waals surface area contributed by atoms with Crippen LogP contribution in [0.2, 0.25) is 0 Å². The standard InChI is InChI=1S/C11H23N3O3S/c1-2-8-5-9(6-8)7-13-18(16,17)14-10-3-4-12-11(10)15/h8-15H,2-7H2,1H3/t8?,9?,10-,11?/m1/s1. The Bertz CT molecular complexity index is 368. The summed E-state index contributed by atoms with van der Waals surface area (Å²) >= 11 is 0. The number of aliphatic hydroxyl groups excluding tert-OH is 1. The first-order chi connectivity index (χ1) is 8.50. The summed E-state index contributed by atoms with van der Waals surface area (Å²) in [7, 11) is -3.49. The molecule has 1 saturated carbocycles. The minimum absolute atomic E-state index is 0.424. The highest BCUT2D eigenvalue weighted by atomic mass is 32.2. The maximum Gasteiger partial charge on any atom is 0.277 e. The van der Waals surface area contributed by atoms with Gasteiger partial charge in [0, 0.05) is 6.54 Å². The van der Waals surface area contributed by atoms with Gasteiger partial charge in [-0.3, -0.25) is 5.32 Å². The van der Waals surface area contributed by atoms with Crippen LogP contribution in [0, 0.1) is 11.8 Å². The molecule has 2 rings (SSSR count). The van der Waals surface area contributed by atoms with Crippen molar-refractivity contribution in [3.8, 4) is 0 Å². The van der Waals surface area contributed by atoms with Crippen molar-refractivity contribution >= 4 is 10.2 Å². The van der Waals surface area contributed by atoms with Crippen LogP contribution in [0.4, 0.5) is 0 Å². The molecular weight excluding hydrogens is 254 g/mol. The first kappa shape index (κ1) is 14.2. The van der Waals surface area contributed by atoms with Crippen LogP contribution in [0.5, 0.6) is 0 Å². The fourth-order valence-corrected chi connectivity index (χ4v) is 3.84. The average molecular weight is 277 g/mol. The normalized spacial score (nSPS) is 36.6. The molecule has 0 bridgehead atoms. The summed E-state index contributed by atoms with van der Waals surface area (Å²) in [6.07, 6.45) is 3.25. The monoisotopic (exact) mass is 277 g/mol. The molecule has 0 amide bonds. The van der Waals surface area contributed by atoms with Crippen LogP contribution < -0.4 is 14.8 Å². The topological polar surface area (TPSA) is 90.5 Å². The molecule has 1 heterocycles. The summed E-state index contributed by atoms with van der Waals surface area (Å²) in [6, 6.07) is -0.424. The second-order valence-electron chi connectivity index (χ2n) is 5.38. The third kappa shape index (κ3) is 3.64. The Balaban J connectivity index is 1.71. The molecule has 18 heavy (non-hydrogen) atoms. The van der Waals surface area contributed by atoms with Gasteiger partial charge in [0.2, 0.25) is 0 Å². The number of nitrogens with one attached hydrogen (secondary N) is 3. The summed E-state index contributed by atoms with van der Waals surface area (Å²) in [5, 5.41) is 12.3. The Kier molecular flexibility index (Phi) is 4.60. The van der Waals surface area contributed by atoms with E-state index in [4.69, 9.17) is 0 Å². The Morgan fingerprint density at radius 1 is 1.33 bits per heavy atom. The molecule has 2 atom stereocenters. The first-order valence-electron chi connectivity index (χ1n) is 6.68. The van der Waals surface area contributed by atoms with Crippen LogP contribution in [-0.2, 0) is 10.2 Å². The van der Waals surface area contributed by atoms with Gasteiger partial charge >= 0.3 is 0 Å². The Hall–Kier alpha value is -0.210. The summed E-state index contributed by atoms with van der Waals surface area (Å²) in [5.41, 5.74) is 0. The average Bonchev–Trinajstić information content (AvgIpc) is 2.62. The van der Waals surface area contributed by atoms with Crippen LogP contribution in [-0.4, -0.2) is 38.9 Å². The maximum absolute atomic E-state index is 11.8. The Morgan fingerprint density at radius 2 is 2.06 bits per heavy atom. The molecule has 7 heteroatoms. The van der Waals surface area contributed by atoms with Crippen LogP contribution >= 0.6 is 0 Å². The van der Waals surface area contributed by atoms with Gasteiger partial charge in [0.05, 0.1) is 6.04 Å². The SMILES string of the molecule is CCC1CC(CNS(=O)(=O)N[C@@H]2CCNC2O)C1. The third-order valence-corrected chi connectivity index (χ3v) is 5.13. The highest BCUT2D eigenvalue weighted by Gasteiger charge is 2.31. The molecule has 4 N–H and O–H groups in total. The van der Waals surface area contributed by atoms with Gasteiger partial charge in [0.15, 0.2) is 0 Å². The molecule has 0 aromatic carbocycles. The van der Waals surface area contributed by atoms with Gasteiger partial charge in [-0.25, -0.2) is 4.72 Å². The quantitative estimate of drug-likeness (QED) is 0.528. The molecular formula is C11H23N3O3S. The third-order valence-electron chi connectivity index (χ3n) is 3.97. The largest absolute Gasteiger partial charge is 0.377 e. The lowest BCUT2D eigenvalue weighted by molar-refractivity contribution is 0.137. The zero-order valence-electron chi connectivity index (χ0n) is 10.7. The van der Waals surface area contributed by atoms with Crippen LogP contribution in [0.3, 0.4) is 0 Å². The molecule has 6 nitrogen and oxygen atoms in total. The van der Waals surface area contributed by atoms with E-state index in [1.54, 1.807) is 0 Å². The van der Waals surface area contributed by atoms with E-state index in [2.05, 4.69) is 21.7 Å². The van der Waals surface area contributed by atoms with Crippen LogP contribution in [0.1, 0.15) is 32.6 Å².